The van der Waals surface area contributed by atoms with E-state index >= 15 is 0 Å². The highest BCUT2D eigenvalue weighted by molar-refractivity contribution is 5.47. The summed E-state index contributed by atoms with van der Waals surface area (Å²) in [4.78, 5) is 0. The minimum atomic E-state index is 0.808. The molecule has 0 heterocycles. The normalized spacial score (nSPS) is 9.63. The Morgan fingerprint density at radius 2 is 1.63 bits per heavy atom. The number of benzene rings is 2. The number of hydrogen-bond donors (Lipinski definition) is 1. The first-order valence-electron chi connectivity index (χ1n) is 6.39. The summed E-state index contributed by atoms with van der Waals surface area (Å²) in [7, 11) is 0. The first-order valence-corrected chi connectivity index (χ1v) is 6.39. The van der Waals surface area contributed by atoms with Gasteiger partial charge in [-0.1, -0.05) is 18.2 Å². The number of terminal acetylenes is 1. The van der Waals surface area contributed by atoms with Crippen LogP contribution in [0, 0.1) is 12.3 Å². The Balaban J connectivity index is 1.86. The highest BCUT2D eigenvalue weighted by Gasteiger charge is 1.97. The van der Waals surface area contributed by atoms with Gasteiger partial charge in [0.05, 0.1) is 0 Å². The molecule has 0 fully saturated rings. The molecule has 0 unspecified atom stereocenters. The molecular formula is C17H17NO. The van der Waals surface area contributed by atoms with Crippen molar-refractivity contribution < 1.29 is 4.74 Å². The van der Waals surface area contributed by atoms with Crippen LogP contribution in [0.15, 0.2) is 54.6 Å². The second-order valence-electron chi connectivity index (χ2n) is 4.17. The van der Waals surface area contributed by atoms with Gasteiger partial charge < -0.3 is 10.1 Å². The molecule has 2 heteroatoms. The van der Waals surface area contributed by atoms with Crippen LogP contribution in [0.5, 0.6) is 11.5 Å². The van der Waals surface area contributed by atoms with Crippen molar-refractivity contribution >= 4 is 5.69 Å². The van der Waals surface area contributed by atoms with Crippen molar-refractivity contribution in [3.63, 3.8) is 0 Å². The summed E-state index contributed by atoms with van der Waals surface area (Å²) >= 11 is 0. The van der Waals surface area contributed by atoms with E-state index in [9.17, 15) is 0 Å². The molecule has 2 rings (SSSR count). The number of rotatable bonds is 6. The molecule has 0 aliphatic rings. The van der Waals surface area contributed by atoms with Crippen LogP contribution in [0.25, 0.3) is 0 Å². The van der Waals surface area contributed by atoms with Crippen LogP contribution in [-0.4, -0.2) is 6.54 Å². The third-order valence-electron chi connectivity index (χ3n) is 2.66. The first-order chi connectivity index (χ1) is 9.38. The van der Waals surface area contributed by atoms with E-state index in [1.165, 1.54) is 0 Å². The zero-order valence-corrected chi connectivity index (χ0v) is 10.8. The highest BCUT2D eigenvalue weighted by Crippen LogP contribution is 2.22. The van der Waals surface area contributed by atoms with Crippen LogP contribution in [0.3, 0.4) is 0 Å². The van der Waals surface area contributed by atoms with Gasteiger partial charge in [0.15, 0.2) is 0 Å². The van der Waals surface area contributed by atoms with Crippen LogP contribution in [0.1, 0.15) is 12.8 Å². The van der Waals surface area contributed by atoms with Crippen LogP contribution >= 0.6 is 0 Å². The quantitative estimate of drug-likeness (QED) is 0.610. The maximum atomic E-state index is 5.72. The average Bonchev–Trinajstić information content (AvgIpc) is 2.46. The maximum absolute atomic E-state index is 5.72. The molecule has 0 spiro atoms. The lowest BCUT2D eigenvalue weighted by molar-refractivity contribution is 0.483. The molecule has 96 valence electrons. The van der Waals surface area contributed by atoms with Crippen molar-refractivity contribution in [2.24, 2.45) is 0 Å². The van der Waals surface area contributed by atoms with E-state index in [1.54, 1.807) is 0 Å². The van der Waals surface area contributed by atoms with E-state index in [1.807, 2.05) is 54.6 Å². The van der Waals surface area contributed by atoms with Gasteiger partial charge in [0.2, 0.25) is 0 Å². The fourth-order valence-corrected chi connectivity index (χ4v) is 1.69. The average molecular weight is 251 g/mol. The van der Waals surface area contributed by atoms with Crippen molar-refractivity contribution in [3.8, 4) is 23.8 Å². The Hall–Kier alpha value is -2.40. The van der Waals surface area contributed by atoms with E-state index in [2.05, 4.69) is 11.2 Å². The standard InChI is InChI=1S/C17H17NO/c1-2-3-7-14-18-15-10-12-17(13-11-15)19-16-8-5-4-6-9-16/h1,4-6,8-13,18H,3,7,14H2. The van der Waals surface area contributed by atoms with E-state index in [0.29, 0.717) is 0 Å². The molecule has 0 aliphatic carbocycles. The topological polar surface area (TPSA) is 21.3 Å². The third-order valence-corrected chi connectivity index (χ3v) is 2.66. The Morgan fingerprint density at radius 3 is 2.32 bits per heavy atom. The number of ether oxygens (including phenoxy) is 1. The number of hydrogen-bond acceptors (Lipinski definition) is 2. The van der Waals surface area contributed by atoms with Crippen molar-refractivity contribution in [1.29, 1.82) is 0 Å². The molecule has 0 bridgehead atoms. The lowest BCUT2D eigenvalue weighted by Crippen LogP contribution is -2.00. The van der Waals surface area contributed by atoms with E-state index in [0.717, 1.165) is 36.6 Å². The van der Waals surface area contributed by atoms with Gasteiger partial charge in [-0.15, -0.1) is 12.3 Å². The van der Waals surface area contributed by atoms with Crippen molar-refractivity contribution in [2.45, 2.75) is 12.8 Å². The van der Waals surface area contributed by atoms with Crippen LogP contribution < -0.4 is 10.1 Å². The molecule has 1 N–H and O–H groups in total. The fraction of sp³-hybridized carbons (Fsp3) is 0.176. The Labute approximate surface area is 114 Å². The minimum absolute atomic E-state index is 0.808. The summed E-state index contributed by atoms with van der Waals surface area (Å²) in [5.41, 5.74) is 1.08. The van der Waals surface area contributed by atoms with Gasteiger partial charge >= 0.3 is 0 Å². The smallest absolute Gasteiger partial charge is 0.127 e. The molecule has 0 saturated carbocycles. The van der Waals surface area contributed by atoms with E-state index in [4.69, 9.17) is 11.2 Å². The molecule has 2 aromatic carbocycles. The molecule has 0 aliphatic heterocycles. The van der Waals surface area contributed by atoms with E-state index < -0.39 is 0 Å². The Kier molecular flexibility index (Phi) is 4.89. The maximum Gasteiger partial charge on any atom is 0.127 e. The zero-order chi connectivity index (χ0) is 13.3. The lowest BCUT2D eigenvalue weighted by atomic mass is 10.2. The van der Waals surface area contributed by atoms with Crippen molar-refractivity contribution in [2.75, 3.05) is 11.9 Å². The van der Waals surface area contributed by atoms with Gasteiger partial charge in [0, 0.05) is 18.7 Å². The Bertz CT molecular complexity index is 525. The van der Waals surface area contributed by atoms with Gasteiger partial charge in [-0.05, 0) is 42.8 Å². The van der Waals surface area contributed by atoms with Gasteiger partial charge in [-0.3, -0.25) is 0 Å². The summed E-state index contributed by atoms with van der Waals surface area (Å²) in [6, 6.07) is 17.7. The molecule has 0 amide bonds. The molecule has 19 heavy (non-hydrogen) atoms. The number of nitrogens with one attached hydrogen (secondary N) is 1. The van der Waals surface area contributed by atoms with Crippen LogP contribution in [-0.2, 0) is 0 Å². The molecule has 0 radical (unpaired) electrons. The summed E-state index contributed by atoms with van der Waals surface area (Å²) in [5, 5.41) is 3.32. The summed E-state index contributed by atoms with van der Waals surface area (Å²) in [5.74, 6) is 4.31. The zero-order valence-electron chi connectivity index (χ0n) is 10.8. The molecule has 2 nitrogen and oxygen atoms in total. The predicted octanol–water partition coefficient (Wildman–Crippen LogP) is 4.30. The highest BCUT2D eigenvalue weighted by atomic mass is 16.5. The first kappa shape index (κ1) is 13.0. The molecule has 2 aromatic rings. The van der Waals surface area contributed by atoms with Crippen molar-refractivity contribution in [3.05, 3.63) is 54.6 Å². The van der Waals surface area contributed by atoms with Gasteiger partial charge in [-0.25, -0.2) is 0 Å². The molecular weight excluding hydrogens is 234 g/mol. The van der Waals surface area contributed by atoms with Gasteiger partial charge in [-0.2, -0.15) is 0 Å². The van der Waals surface area contributed by atoms with Gasteiger partial charge in [0.25, 0.3) is 0 Å². The molecule has 0 aromatic heterocycles. The second kappa shape index (κ2) is 7.13. The minimum Gasteiger partial charge on any atom is -0.457 e. The Morgan fingerprint density at radius 1 is 0.947 bits per heavy atom. The van der Waals surface area contributed by atoms with E-state index in [-0.39, 0.29) is 0 Å². The third kappa shape index (κ3) is 4.40. The number of unbranched alkanes of at least 4 members (excludes halogenated alkanes) is 1. The number of anilines is 1. The second-order valence-corrected chi connectivity index (χ2v) is 4.17. The van der Waals surface area contributed by atoms with Gasteiger partial charge in [0.1, 0.15) is 11.5 Å². The van der Waals surface area contributed by atoms with Crippen LogP contribution in [0.2, 0.25) is 0 Å². The molecule has 0 atom stereocenters. The monoisotopic (exact) mass is 251 g/mol. The summed E-state index contributed by atoms with van der Waals surface area (Å²) < 4.78 is 5.72. The van der Waals surface area contributed by atoms with Crippen LogP contribution in [0.4, 0.5) is 5.69 Å². The number of para-hydroxylation sites is 1. The lowest BCUT2D eigenvalue weighted by Gasteiger charge is -2.08. The fourth-order valence-electron chi connectivity index (χ4n) is 1.69. The summed E-state index contributed by atoms with van der Waals surface area (Å²) in [6.07, 6.45) is 7.00. The molecule has 0 saturated heterocycles. The largest absolute Gasteiger partial charge is 0.457 e. The SMILES string of the molecule is C#CCCCNc1ccc(Oc2ccccc2)cc1. The predicted molar refractivity (Wildman–Crippen MR) is 79.5 cm³/mol. The summed E-state index contributed by atoms with van der Waals surface area (Å²) in [6.45, 7) is 0.892. The van der Waals surface area contributed by atoms with Crippen molar-refractivity contribution in [1.82, 2.24) is 0 Å².